The van der Waals surface area contributed by atoms with Gasteiger partial charge in [-0.25, -0.2) is 18.2 Å². The second-order valence-electron chi connectivity index (χ2n) is 4.13. The summed E-state index contributed by atoms with van der Waals surface area (Å²) in [4.78, 5) is 3.92. The molecule has 2 N–H and O–H groups in total. The number of nitrogens with zero attached hydrogens (tertiary/aromatic N) is 2. The minimum Gasteiger partial charge on any atom is -0.369 e. The van der Waals surface area contributed by atoms with Crippen molar-refractivity contribution in [1.82, 2.24) is 9.55 Å². The fourth-order valence-corrected chi connectivity index (χ4v) is 2.22. The first-order valence-electron chi connectivity index (χ1n) is 5.56. The van der Waals surface area contributed by atoms with E-state index in [-0.39, 0.29) is 27.7 Å². The molecule has 7 heteroatoms. The van der Waals surface area contributed by atoms with Gasteiger partial charge >= 0.3 is 0 Å². The fourth-order valence-electron chi connectivity index (χ4n) is 2.02. The highest BCUT2D eigenvalue weighted by Crippen LogP contribution is 2.30. The fraction of sp³-hybridized carbons (Fsp3) is 0. The summed E-state index contributed by atoms with van der Waals surface area (Å²) in [6, 6.07) is 5.76. The van der Waals surface area contributed by atoms with Gasteiger partial charge in [0.15, 0.2) is 11.6 Å². The Labute approximate surface area is 116 Å². The molecule has 0 bridgehead atoms. The number of imidazole rings is 1. The number of benzene rings is 2. The van der Waals surface area contributed by atoms with E-state index in [0.717, 1.165) is 22.8 Å². The van der Waals surface area contributed by atoms with Crippen molar-refractivity contribution in [2.75, 3.05) is 5.73 Å². The molecule has 3 nitrogen and oxygen atoms in total. The Morgan fingerprint density at radius 2 is 1.85 bits per heavy atom. The van der Waals surface area contributed by atoms with Crippen LogP contribution < -0.4 is 5.73 Å². The van der Waals surface area contributed by atoms with E-state index in [1.54, 1.807) is 0 Å². The lowest BCUT2D eigenvalue weighted by atomic mass is 10.2. The first kappa shape index (κ1) is 12.8. The first-order valence-corrected chi connectivity index (χ1v) is 5.94. The van der Waals surface area contributed by atoms with Crippen molar-refractivity contribution in [3.05, 3.63) is 52.8 Å². The number of halogens is 4. The molecule has 0 saturated heterocycles. The minimum atomic E-state index is -1.12. The van der Waals surface area contributed by atoms with E-state index >= 15 is 0 Å². The number of hydrogen-bond acceptors (Lipinski definition) is 2. The zero-order valence-electron chi connectivity index (χ0n) is 9.87. The van der Waals surface area contributed by atoms with Crippen molar-refractivity contribution >= 4 is 28.6 Å². The third kappa shape index (κ3) is 1.80. The van der Waals surface area contributed by atoms with Gasteiger partial charge in [0.05, 0.1) is 16.2 Å². The van der Waals surface area contributed by atoms with E-state index in [2.05, 4.69) is 4.98 Å². The predicted molar refractivity (Wildman–Crippen MR) is 70.4 cm³/mol. The third-order valence-electron chi connectivity index (χ3n) is 2.88. The summed E-state index contributed by atoms with van der Waals surface area (Å²) in [5.41, 5.74) is 5.77. The molecule has 0 saturated carbocycles. The maximum absolute atomic E-state index is 14.0. The Morgan fingerprint density at radius 1 is 1.10 bits per heavy atom. The predicted octanol–water partition coefficient (Wildman–Crippen LogP) is 3.68. The van der Waals surface area contributed by atoms with Crippen molar-refractivity contribution in [2.45, 2.75) is 0 Å². The molecule has 0 amide bonds. The molecule has 0 unspecified atom stereocenters. The Kier molecular flexibility index (Phi) is 2.83. The van der Waals surface area contributed by atoms with E-state index in [1.807, 2.05) is 0 Å². The van der Waals surface area contributed by atoms with Crippen LogP contribution in [0.25, 0.3) is 16.7 Å². The summed E-state index contributed by atoms with van der Waals surface area (Å²) in [7, 11) is 0. The number of hydrogen-bond donors (Lipinski definition) is 1. The molecule has 0 atom stereocenters. The zero-order chi connectivity index (χ0) is 14.4. The van der Waals surface area contributed by atoms with Crippen LogP contribution in [0.4, 0.5) is 19.1 Å². The molecule has 0 aliphatic heterocycles. The van der Waals surface area contributed by atoms with Gasteiger partial charge in [0.2, 0.25) is 5.95 Å². The first-order chi connectivity index (χ1) is 9.49. The van der Waals surface area contributed by atoms with Crippen LogP contribution >= 0.6 is 11.6 Å². The quantitative estimate of drug-likeness (QED) is 0.744. The molecule has 1 heterocycles. The Morgan fingerprint density at radius 3 is 2.60 bits per heavy atom. The van der Waals surface area contributed by atoms with Crippen LogP contribution in [0.3, 0.4) is 0 Å². The van der Waals surface area contributed by atoms with Crippen molar-refractivity contribution in [3.8, 4) is 5.69 Å². The molecule has 0 fully saturated rings. The highest BCUT2D eigenvalue weighted by atomic mass is 35.5. The number of nitrogens with two attached hydrogens (primary N) is 1. The van der Waals surface area contributed by atoms with Crippen LogP contribution in [0.2, 0.25) is 5.02 Å². The molecule has 2 aromatic carbocycles. The van der Waals surface area contributed by atoms with Gasteiger partial charge < -0.3 is 5.73 Å². The molecule has 3 rings (SSSR count). The van der Waals surface area contributed by atoms with Gasteiger partial charge in [-0.3, -0.25) is 4.57 Å². The van der Waals surface area contributed by atoms with Crippen LogP contribution in [0.1, 0.15) is 0 Å². The molecular formula is C13H7ClF3N3. The van der Waals surface area contributed by atoms with E-state index in [0.29, 0.717) is 0 Å². The minimum absolute atomic E-state index is 0.0937. The summed E-state index contributed by atoms with van der Waals surface area (Å²) in [6.07, 6.45) is 0. The number of nitrogen functional groups attached to an aromatic ring is 1. The van der Waals surface area contributed by atoms with Crippen LogP contribution in [-0.4, -0.2) is 9.55 Å². The van der Waals surface area contributed by atoms with Crippen molar-refractivity contribution in [2.24, 2.45) is 0 Å². The SMILES string of the molecule is Nc1nc2ccc(F)c(F)c2n1-c1cc(F)ccc1Cl. The number of rotatable bonds is 1. The largest absolute Gasteiger partial charge is 0.369 e. The molecule has 0 spiro atoms. The van der Waals surface area contributed by atoms with Gasteiger partial charge in [-0.15, -0.1) is 0 Å². The number of anilines is 1. The standard InChI is InChI=1S/C13H7ClF3N3/c14-7-2-1-6(15)5-10(7)20-12-9(19-13(20)18)4-3-8(16)11(12)17/h1-5H,(H2,18,19). The van der Waals surface area contributed by atoms with Crippen LogP contribution in [0.5, 0.6) is 0 Å². The van der Waals surface area contributed by atoms with Crippen LogP contribution in [0.15, 0.2) is 30.3 Å². The van der Waals surface area contributed by atoms with Crippen LogP contribution in [0, 0.1) is 17.5 Å². The van der Waals surface area contributed by atoms with Gasteiger partial charge in [-0.2, -0.15) is 0 Å². The number of aromatic nitrogens is 2. The normalized spacial score (nSPS) is 11.2. The molecule has 0 aliphatic rings. The Bertz CT molecular complexity index is 829. The summed E-state index contributed by atoms with van der Waals surface area (Å²) < 4.78 is 41.8. The lowest BCUT2D eigenvalue weighted by Gasteiger charge is -2.09. The Balaban J connectivity index is 2.44. The van der Waals surface area contributed by atoms with Gasteiger partial charge in [0.25, 0.3) is 0 Å². The molecule has 20 heavy (non-hydrogen) atoms. The second kappa shape index (κ2) is 4.42. The second-order valence-corrected chi connectivity index (χ2v) is 4.54. The highest BCUT2D eigenvalue weighted by molar-refractivity contribution is 6.32. The Hall–Kier alpha value is -2.21. The van der Waals surface area contributed by atoms with Gasteiger partial charge in [0, 0.05) is 0 Å². The monoisotopic (exact) mass is 297 g/mol. The number of fused-ring (bicyclic) bond motifs is 1. The van der Waals surface area contributed by atoms with Gasteiger partial charge in [0.1, 0.15) is 11.3 Å². The lowest BCUT2D eigenvalue weighted by Crippen LogP contribution is -2.03. The molecule has 1 aromatic heterocycles. The van der Waals surface area contributed by atoms with E-state index in [9.17, 15) is 13.2 Å². The molecular weight excluding hydrogens is 291 g/mol. The highest BCUT2D eigenvalue weighted by Gasteiger charge is 2.19. The van der Waals surface area contributed by atoms with E-state index in [1.165, 1.54) is 12.1 Å². The third-order valence-corrected chi connectivity index (χ3v) is 3.20. The summed E-state index contributed by atoms with van der Waals surface area (Å²) in [5.74, 6) is -2.86. The summed E-state index contributed by atoms with van der Waals surface area (Å²) >= 11 is 5.97. The average molecular weight is 298 g/mol. The van der Waals surface area contributed by atoms with Crippen molar-refractivity contribution < 1.29 is 13.2 Å². The smallest absolute Gasteiger partial charge is 0.206 e. The maximum atomic E-state index is 14.0. The average Bonchev–Trinajstić information content (AvgIpc) is 2.74. The molecule has 0 radical (unpaired) electrons. The van der Waals surface area contributed by atoms with E-state index < -0.39 is 17.5 Å². The van der Waals surface area contributed by atoms with Gasteiger partial charge in [-0.05, 0) is 30.3 Å². The van der Waals surface area contributed by atoms with Crippen molar-refractivity contribution in [3.63, 3.8) is 0 Å². The lowest BCUT2D eigenvalue weighted by molar-refractivity contribution is 0.514. The summed E-state index contributed by atoms with van der Waals surface area (Å²) in [6.45, 7) is 0. The van der Waals surface area contributed by atoms with E-state index in [4.69, 9.17) is 17.3 Å². The van der Waals surface area contributed by atoms with Crippen LogP contribution in [-0.2, 0) is 0 Å². The van der Waals surface area contributed by atoms with Crippen molar-refractivity contribution in [1.29, 1.82) is 0 Å². The molecule has 0 aliphatic carbocycles. The molecule has 3 aromatic rings. The van der Waals surface area contributed by atoms with Gasteiger partial charge in [-0.1, -0.05) is 11.6 Å². The molecule has 102 valence electrons. The zero-order valence-corrected chi connectivity index (χ0v) is 10.6. The maximum Gasteiger partial charge on any atom is 0.206 e. The summed E-state index contributed by atoms with van der Waals surface area (Å²) in [5, 5.41) is 0.140. The topological polar surface area (TPSA) is 43.8 Å².